The minimum Gasteiger partial charge on any atom is -0.325 e. The average Bonchev–Trinajstić information content (AvgIpc) is 3.27. The fourth-order valence-electron chi connectivity index (χ4n) is 2.83. The second-order valence-electron chi connectivity index (χ2n) is 5.59. The molecular formula is C16H15N5O. The van der Waals surface area contributed by atoms with E-state index in [0.717, 1.165) is 28.7 Å². The second kappa shape index (κ2) is 4.91. The number of hydrogen-bond acceptors (Lipinski definition) is 4. The van der Waals surface area contributed by atoms with Crippen LogP contribution in [0.2, 0.25) is 0 Å². The molecule has 0 aromatic carbocycles. The van der Waals surface area contributed by atoms with Crippen LogP contribution in [-0.2, 0) is 11.8 Å². The zero-order valence-corrected chi connectivity index (χ0v) is 12.1. The number of fused-ring (bicyclic) bond motifs is 1. The van der Waals surface area contributed by atoms with E-state index < -0.39 is 0 Å². The van der Waals surface area contributed by atoms with E-state index in [1.54, 1.807) is 23.3 Å². The number of pyridine rings is 2. The first-order chi connectivity index (χ1) is 10.7. The van der Waals surface area contributed by atoms with E-state index in [1.807, 2.05) is 31.4 Å². The van der Waals surface area contributed by atoms with Crippen LogP contribution in [0, 0.1) is 5.92 Å². The standard InChI is InChI=1S/C16H15N5O/c1-21-15-13(9-19-21)14(4-6-18-15)20-16(22)12-7-11(12)10-3-2-5-17-8-10/h2-6,8-9,11-12H,7H2,1H3,(H,18,20,22)/t11-,12+/m0/s1. The number of amides is 1. The lowest BCUT2D eigenvalue weighted by molar-refractivity contribution is -0.117. The highest BCUT2D eigenvalue weighted by Gasteiger charge is 2.44. The summed E-state index contributed by atoms with van der Waals surface area (Å²) in [4.78, 5) is 20.8. The van der Waals surface area contributed by atoms with Crippen LogP contribution in [0.3, 0.4) is 0 Å². The lowest BCUT2D eigenvalue weighted by Crippen LogP contribution is -2.14. The fraction of sp³-hybridized carbons (Fsp3) is 0.250. The number of nitrogens with zero attached hydrogens (tertiary/aromatic N) is 4. The van der Waals surface area contributed by atoms with E-state index in [1.165, 1.54) is 0 Å². The van der Waals surface area contributed by atoms with E-state index >= 15 is 0 Å². The van der Waals surface area contributed by atoms with Gasteiger partial charge in [-0.15, -0.1) is 0 Å². The van der Waals surface area contributed by atoms with E-state index in [2.05, 4.69) is 20.4 Å². The number of aromatic nitrogens is 4. The van der Waals surface area contributed by atoms with Gasteiger partial charge in [0.25, 0.3) is 0 Å². The number of anilines is 1. The van der Waals surface area contributed by atoms with Gasteiger partial charge in [-0.05, 0) is 30.0 Å². The third-order valence-corrected chi connectivity index (χ3v) is 4.13. The summed E-state index contributed by atoms with van der Waals surface area (Å²) in [6.45, 7) is 0. The average molecular weight is 293 g/mol. The Bertz CT molecular complexity index is 842. The molecule has 0 aliphatic heterocycles. The molecule has 6 heteroatoms. The van der Waals surface area contributed by atoms with Crippen molar-refractivity contribution in [1.29, 1.82) is 0 Å². The van der Waals surface area contributed by atoms with Crippen molar-refractivity contribution in [2.24, 2.45) is 13.0 Å². The quantitative estimate of drug-likeness (QED) is 0.802. The third kappa shape index (κ3) is 2.13. The zero-order valence-electron chi connectivity index (χ0n) is 12.1. The molecule has 1 aliphatic rings. The van der Waals surface area contributed by atoms with Crippen LogP contribution in [-0.4, -0.2) is 25.7 Å². The Hall–Kier alpha value is -2.76. The van der Waals surface area contributed by atoms with E-state index in [0.29, 0.717) is 0 Å². The predicted octanol–water partition coefficient (Wildman–Crippen LogP) is 2.11. The second-order valence-corrected chi connectivity index (χ2v) is 5.59. The molecule has 0 unspecified atom stereocenters. The molecule has 110 valence electrons. The zero-order chi connectivity index (χ0) is 15.1. The maximum atomic E-state index is 12.4. The molecule has 6 nitrogen and oxygen atoms in total. The first-order valence-electron chi connectivity index (χ1n) is 7.21. The Labute approximate surface area is 127 Å². The largest absolute Gasteiger partial charge is 0.325 e. The smallest absolute Gasteiger partial charge is 0.228 e. The van der Waals surface area contributed by atoms with Crippen molar-refractivity contribution >= 4 is 22.6 Å². The molecule has 3 heterocycles. The molecule has 22 heavy (non-hydrogen) atoms. The molecule has 0 radical (unpaired) electrons. The van der Waals surface area contributed by atoms with Crippen molar-refractivity contribution in [3.05, 3.63) is 48.5 Å². The monoisotopic (exact) mass is 293 g/mol. The van der Waals surface area contributed by atoms with Crippen LogP contribution in [0.15, 0.2) is 43.0 Å². The number of rotatable bonds is 3. The Kier molecular flexibility index (Phi) is 2.89. The molecule has 1 aliphatic carbocycles. The molecule has 1 fully saturated rings. The van der Waals surface area contributed by atoms with Crippen molar-refractivity contribution in [3.8, 4) is 0 Å². The summed E-state index contributed by atoms with van der Waals surface area (Å²) in [5, 5.41) is 8.05. The van der Waals surface area contributed by atoms with Gasteiger partial charge >= 0.3 is 0 Å². The maximum Gasteiger partial charge on any atom is 0.228 e. The lowest BCUT2D eigenvalue weighted by Gasteiger charge is -2.06. The van der Waals surface area contributed by atoms with E-state index in [4.69, 9.17) is 0 Å². The number of carbonyl (C=O) groups excluding carboxylic acids is 1. The molecule has 3 aromatic rings. The van der Waals surface area contributed by atoms with E-state index in [-0.39, 0.29) is 17.7 Å². The third-order valence-electron chi connectivity index (χ3n) is 4.13. The molecule has 3 aromatic heterocycles. The first-order valence-corrected chi connectivity index (χ1v) is 7.21. The molecule has 1 N–H and O–H groups in total. The van der Waals surface area contributed by atoms with E-state index in [9.17, 15) is 4.79 Å². The van der Waals surface area contributed by atoms with Gasteiger partial charge in [-0.3, -0.25) is 14.5 Å². The van der Waals surface area contributed by atoms with Crippen molar-refractivity contribution in [2.45, 2.75) is 12.3 Å². The van der Waals surface area contributed by atoms with Crippen LogP contribution < -0.4 is 5.32 Å². The summed E-state index contributed by atoms with van der Waals surface area (Å²) in [7, 11) is 1.83. The normalized spacial score (nSPS) is 20.0. The minimum absolute atomic E-state index is 0.0177. The lowest BCUT2D eigenvalue weighted by atomic mass is 10.1. The number of carbonyl (C=O) groups is 1. The van der Waals surface area contributed by atoms with Gasteiger partial charge in [0.2, 0.25) is 5.91 Å². The Morgan fingerprint density at radius 1 is 1.32 bits per heavy atom. The van der Waals surface area contributed by atoms with Crippen molar-refractivity contribution in [1.82, 2.24) is 19.7 Å². The minimum atomic E-state index is 0.0177. The molecule has 2 atom stereocenters. The van der Waals surface area contributed by atoms with Gasteiger partial charge in [0.05, 0.1) is 17.3 Å². The van der Waals surface area contributed by atoms with Crippen LogP contribution >= 0.6 is 0 Å². The van der Waals surface area contributed by atoms with Crippen molar-refractivity contribution < 1.29 is 4.79 Å². The molecular weight excluding hydrogens is 278 g/mol. The molecule has 1 amide bonds. The molecule has 0 spiro atoms. The van der Waals surface area contributed by atoms with Gasteiger partial charge in [-0.25, -0.2) is 4.98 Å². The van der Waals surface area contributed by atoms with Gasteiger partial charge in [0, 0.05) is 31.6 Å². The van der Waals surface area contributed by atoms with Crippen LogP contribution in [0.4, 0.5) is 5.69 Å². The highest BCUT2D eigenvalue weighted by atomic mass is 16.2. The topological polar surface area (TPSA) is 72.7 Å². The van der Waals surface area contributed by atoms with Gasteiger partial charge in [-0.1, -0.05) is 6.07 Å². The molecule has 0 bridgehead atoms. The van der Waals surface area contributed by atoms with Crippen LogP contribution in [0.5, 0.6) is 0 Å². The summed E-state index contributed by atoms with van der Waals surface area (Å²) in [6.07, 6.45) is 7.87. The first kappa shape index (κ1) is 12.9. The predicted molar refractivity (Wildman–Crippen MR) is 82.2 cm³/mol. The summed E-state index contributed by atoms with van der Waals surface area (Å²) in [5.74, 6) is 0.342. The van der Waals surface area contributed by atoms with Gasteiger partial charge in [-0.2, -0.15) is 5.10 Å². The maximum absolute atomic E-state index is 12.4. The number of hydrogen-bond donors (Lipinski definition) is 1. The van der Waals surface area contributed by atoms with Gasteiger partial charge in [0.1, 0.15) is 0 Å². The molecule has 4 rings (SSSR count). The van der Waals surface area contributed by atoms with Crippen LogP contribution in [0.1, 0.15) is 17.9 Å². The highest BCUT2D eigenvalue weighted by molar-refractivity contribution is 6.02. The summed E-state index contributed by atoms with van der Waals surface area (Å²) >= 11 is 0. The fourth-order valence-corrected chi connectivity index (χ4v) is 2.83. The molecule has 1 saturated carbocycles. The Morgan fingerprint density at radius 2 is 2.23 bits per heavy atom. The highest BCUT2D eigenvalue weighted by Crippen LogP contribution is 2.47. The van der Waals surface area contributed by atoms with Crippen molar-refractivity contribution in [2.75, 3.05) is 5.32 Å². The van der Waals surface area contributed by atoms with Crippen LogP contribution in [0.25, 0.3) is 11.0 Å². The SMILES string of the molecule is Cn1ncc2c(NC(=O)[C@@H]3C[C@H]3c3cccnc3)ccnc21. The number of nitrogens with one attached hydrogen (secondary N) is 1. The van der Waals surface area contributed by atoms with Crippen molar-refractivity contribution in [3.63, 3.8) is 0 Å². The van der Waals surface area contributed by atoms with Gasteiger partial charge < -0.3 is 5.32 Å². The summed E-state index contributed by atoms with van der Waals surface area (Å²) < 4.78 is 1.69. The number of aryl methyl sites for hydroxylation is 1. The summed E-state index contributed by atoms with van der Waals surface area (Å²) in [6, 6.07) is 5.74. The van der Waals surface area contributed by atoms with Gasteiger partial charge in [0.15, 0.2) is 5.65 Å². The summed E-state index contributed by atoms with van der Waals surface area (Å²) in [5.41, 5.74) is 2.65. The Morgan fingerprint density at radius 3 is 3.05 bits per heavy atom. The Balaban J connectivity index is 1.53. The molecule has 0 saturated heterocycles.